The summed E-state index contributed by atoms with van der Waals surface area (Å²) in [6.07, 6.45) is 3.14. The molecule has 0 saturated carbocycles. The van der Waals surface area contributed by atoms with Crippen molar-refractivity contribution in [2.45, 2.75) is 25.8 Å². The van der Waals surface area contributed by atoms with E-state index in [2.05, 4.69) is 15.5 Å². The van der Waals surface area contributed by atoms with Crippen LogP contribution in [0.3, 0.4) is 0 Å². The van der Waals surface area contributed by atoms with E-state index >= 15 is 0 Å². The first-order chi connectivity index (χ1) is 7.09. The lowest BCUT2D eigenvalue weighted by Crippen LogP contribution is -2.26. The number of amides is 1. The van der Waals surface area contributed by atoms with Gasteiger partial charge in [-0.3, -0.25) is 14.7 Å². The van der Waals surface area contributed by atoms with Crippen LogP contribution < -0.4 is 5.32 Å². The molecule has 1 aromatic heterocycles. The Labute approximate surface area is 86.7 Å². The van der Waals surface area contributed by atoms with E-state index in [1.54, 1.807) is 12.4 Å². The topological polar surface area (TPSA) is 95.1 Å². The molecule has 1 atom stereocenters. The van der Waals surface area contributed by atoms with Gasteiger partial charge in [0.2, 0.25) is 5.91 Å². The second-order valence-corrected chi connectivity index (χ2v) is 3.21. The van der Waals surface area contributed by atoms with Gasteiger partial charge in [-0.2, -0.15) is 5.10 Å². The highest BCUT2D eigenvalue weighted by Crippen LogP contribution is 2.09. The summed E-state index contributed by atoms with van der Waals surface area (Å²) in [7, 11) is 0. The van der Waals surface area contributed by atoms with Crippen LogP contribution in [0.2, 0.25) is 0 Å². The molecule has 0 radical (unpaired) electrons. The normalized spacial score (nSPS) is 12.1. The Morgan fingerprint density at radius 1 is 1.60 bits per heavy atom. The van der Waals surface area contributed by atoms with Crippen LogP contribution in [0.4, 0.5) is 0 Å². The summed E-state index contributed by atoms with van der Waals surface area (Å²) in [6, 6.07) is -0.162. The van der Waals surface area contributed by atoms with E-state index in [-0.39, 0.29) is 24.8 Å². The van der Waals surface area contributed by atoms with E-state index in [1.165, 1.54) is 0 Å². The highest BCUT2D eigenvalue weighted by atomic mass is 16.4. The maximum atomic E-state index is 11.2. The summed E-state index contributed by atoms with van der Waals surface area (Å²) in [5.74, 6) is -1.24. The van der Waals surface area contributed by atoms with Crippen LogP contribution in [0.25, 0.3) is 0 Å². The summed E-state index contributed by atoms with van der Waals surface area (Å²) in [4.78, 5) is 21.5. The molecule has 6 nitrogen and oxygen atoms in total. The molecule has 1 unspecified atom stereocenters. The number of rotatable bonds is 5. The molecule has 0 aliphatic rings. The highest BCUT2D eigenvalue weighted by Gasteiger charge is 2.11. The number of carboxylic acids is 1. The first kappa shape index (κ1) is 11.2. The molecule has 0 spiro atoms. The Balaban J connectivity index is 2.35. The third-order valence-electron chi connectivity index (χ3n) is 1.96. The van der Waals surface area contributed by atoms with Crippen molar-refractivity contribution in [2.24, 2.45) is 0 Å². The van der Waals surface area contributed by atoms with Crippen LogP contribution in [0.5, 0.6) is 0 Å². The van der Waals surface area contributed by atoms with E-state index in [9.17, 15) is 9.59 Å². The molecule has 0 fully saturated rings. The molecule has 82 valence electrons. The Hall–Kier alpha value is -1.85. The number of aliphatic carboxylic acids is 1. The Bertz CT molecular complexity index is 334. The summed E-state index contributed by atoms with van der Waals surface area (Å²) in [5.41, 5.74) is 0.860. The van der Waals surface area contributed by atoms with Crippen molar-refractivity contribution in [3.8, 4) is 0 Å². The second kappa shape index (κ2) is 5.14. The van der Waals surface area contributed by atoms with E-state index < -0.39 is 5.97 Å². The van der Waals surface area contributed by atoms with Gasteiger partial charge < -0.3 is 10.4 Å². The SMILES string of the molecule is CC(NC(=O)CCC(=O)O)c1cn[nH]c1. The smallest absolute Gasteiger partial charge is 0.303 e. The van der Waals surface area contributed by atoms with Gasteiger partial charge in [0.05, 0.1) is 18.7 Å². The predicted molar refractivity (Wildman–Crippen MR) is 52.0 cm³/mol. The summed E-state index contributed by atoms with van der Waals surface area (Å²) >= 11 is 0. The Kier molecular flexibility index (Phi) is 3.84. The van der Waals surface area contributed by atoms with Crippen LogP contribution in [-0.2, 0) is 9.59 Å². The quantitative estimate of drug-likeness (QED) is 0.659. The zero-order chi connectivity index (χ0) is 11.3. The number of aromatic amines is 1. The van der Waals surface area contributed by atoms with Gasteiger partial charge in [-0.15, -0.1) is 0 Å². The van der Waals surface area contributed by atoms with E-state index in [0.717, 1.165) is 5.56 Å². The summed E-state index contributed by atoms with van der Waals surface area (Å²) in [6.45, 7) is 1.81. The van der Waals surface area contributed by atoms with E-state index in [1.807, 2.05) is 6.92 Å². The number of carbonyl (C=O) groups excluding carboxylic acids is 1. The molecular formula is C9H13N3O3. The van der Waals surface area contributed by atoms with Gasteiger partial charge in [-0.05, 0) is 6.92 Å². The minimum Gasteiger partial charge on any atom is -0.481 e. The Morgan fingerprint density at radius 2 is 2.33 bits per heavy atom. The molecule has 1 amide bonds. The van der Waals surface area contributed by atoms with Crippen LogP contribution in [-0.4, -0.2) is 27.2 Å². The van der Waals surface area contributed by atoms with Gasteiger partial charge in [0, 0.05) is 18.2 Å². The fourth-order valence-electron chi connectivity index (χ4n) is 1.12. The van der Waals surface area contributed by atoms with Crippen molar-refractivity contribution < 1.29 is 14.7 Å². The molecule has 0 aromatic carbocycles. The molecule has 0 saturated heterocycles. The molecule has 1 aromatic rings. The van der Waals surface area contributed by atoms with E-state index in [0.29, 0.717) is 0 Å². The number of nitrogens with one attached hydrogen (secondary N) is 2. The van der Waals surface area contributed by atoms with Gasteiger partial charge in [0.1, 0.15) is 0 Å². The minimum atomic E-state index is -0.971. The molecule has 0 aliphatic heterocycles. The zero-order valence-corrected chi connectivity index (χ0v) is 8.36. The molecule has 15 heavy (non-hydrogen) atoms. The minimum absolute atomic E-state index is 0.00246. The fourth-order valence-corrected chi connectivity index (χ4v) is 1.12. The lowest BCUT2D eigenvalue weighted by Gasteiger charge is -2.11. The van der Waals surface area contributed by atoms with Crippen molar-refractivity contribution >= 4 is 11.9 Å². The number of aromatic nitrogens is 2. The van der Waals surface area contributed by atoms with Gasteiger partial charge in [0.15, 0.2) is 0 Å². The predicted octanol–water partition coefficient (Wildman–Crippen LogP) is 0.452. The molecule has 1 rings (SSSR count). The van der Waals surface area contributed by atoms with Crippen molar-refractivity contribution in [3.05, 3.63) is 18.0 Å². The Morgan fingerprint density at radius 3 is 2.87 bits per heavy atom. The zero-order valence-electron chi connectivity index (χ0n) is 8.36. The van der Waals surface area contributed by atoms with Gasteiger partial charge in [-0.25, -0.2) is 0 Å². The van der Waals surface area contributed by atoms with Crippen LogP contribution in [0.15, 0.2) is 12.4 Å². The van der Waals surface area contributed by atoms with Crippen molar-refractivity contribution in [2.75, 3.05) is 0 Å². The molecule has 3 N–H and O–H groups in total. The second-order valence-electron chi connectivity index (χ2n) is 3.21. The summed E-state index contributed by atoms with van der Waals surface area (Å²) < 4.78 is 0. The number of carbonyl (C=O) groups is 2. The monoisotopic (exact) mass is 211 g/mol. The average molecular weight is 211 g/mol. The van der Waals surface area contributed by atoms with E-state index in [4.69, 9.17) is 5.11 Å². The largest absolute Gasteiger partial charge is 0.481 e. The van der Waals surface area contributed by atoms with Gasteiger partial charge >= 0.3 is 5.97 Å². The van der Waals surface area contributed by atoms with Crippen LogP contribution in [0.1, 0.15) is 31.4 Å². The molecule has 0 aliphatic carbocycles. The summed E-state index contributed by atoms with van der Waals surface area (Å²) in [5, 5.41) is 17.5. The fraction of sp³-hybridized carbons (Fsp3) is 0.444. The lowest BCUT2D eigenvalue weighted by molar-refractivity contribution is -0.138. The van der Waals surface area contributed by atoms with Gasteiger partial charge in [-0.1, -0.05) is 0 Å². The lowest BCUT2D eigenvalue weighted by atomic mass is 10.2. The third kappa shape index (κ3) is 3.80. The average Bonchev–Trinajstić information content (AvgIpc) is 2.67. The van der Waals surface area contributed by atoms with Crippen LogP contribution >= 0.6 is 0 Å². The van der Waals surface area contributed by atoms with Gasteiger partial charge in [0.25, 0.3) is 0 Å². The molecule has 6 heteroatoms. The highest BCUT2D eigenvalue weighted by molar-refractivity contribution is 5.80. The third-order valence-corrected chi connectivity index (χ3v) is 1.96. The van der Waals surface area contributed by atoms with Crippen molar-refractivity contribution in [1.82, 2.24) is 15.5 Å². The number of hydrogen-bond donors (Lipinski definition) is 3. The first-order valence-electron chi connectivity index (χ1n) is 4.59. The molecule has 1 heterocycles. The molecule has 0 bridgehead atoms. The first-order valence-corrected chi connectivity index (χ1v) is 4.59. The number of carboxylic acid groups (broad SMARTS) is 1. The van der Waals surface area contributed by atoms with Crippen molar-refractivity contribution in [1.29, 1.82) is 0 Å². The van der Waals surface area contributed by atoms with Crippen molar-refractivity contribution in [3.63, 3.8) is 0 Å². The standard InChI is InChI=1S/C9H13N3O3/c1-6(7-4-10-11-5-7)12-8(13)2-3-9(14)15/h4-6H,2-3H2,1H3,(H,10,11)(H,12,13)(H,14,15). The van der Waals surface area contributed by atoms with Crippen LogP contribution in [0, 0.1) is 0 Å². The number of H-pyrrole nitrogens is 1. The number of hydrogen-bond acceptors (Lipinski definition) is 3. The maximum absolute atomic E-state index is 11.2. The number of nitrogens with zero attached hydrogens (tertiary/aromatic N) is 1. The molecular weight excluding hydrogens is 198 g/mol. The maximum Gasteiger partial charge on any atom is 0.303 e.